The Balaban J connectivity index is 2.37. The fraction of sp³-hybridized carbons (Fsp3) is 0.0833. The average Bonchev–Trinajstić information content (AvgIpc) is 2.19. The van der Waals surface area contributed by atoms with Crippen molar-refractivity contribution in [1.29, 1.82) is 0 Å². The van der Waals surface area contributed by atoms with Gasteiger partial charge in [0.15, 0.2) is 5.78 Å². The van der Waals surface area contributed by atoms with Crippen molar-refractivity contribution in [3.05, 3.63) is 54.1 Å². The van der Waals surface area contributed by atoms with Crippen LogP contribution in [0.5, 0.6) is 0 Å². The third-order valence-corrected chi connectivity index (χ3v) is 1.98. The molecule has 1 aliphatic carbocycles. The average molecular weight is 169 g/mol. The highest BCUT2D eigenvalue weighted by Gasteiger charge is 2.04. The minimum atomic E-state index is 0.172. The SMILES string of the molecule is O=C1C=C(c2cc[c]cc2)C=CC1. The molecular weight excluding hydrogens is 160 g/mol. The molecule has 63 valence electrons. The zero-order valence-corrected chi connectivity index (χ0v) is 7.16. The summed E-state index contributed by atoms with van der Waals surface area (Å²) in [6, 6.07) is 10.6. The smallest absolute Gasteiger partial charge is 0.160 e. The van der Waals surface area contributed by atoms with Gasteiger partial charge in [0, 0.05) is 6.42 Å². The van der Waals surface area contributed by atoms with E-state index < -0.39 is 0 Å². The standard InChI is InChI=1S/C12H9O/c13-12-8-4-7-11(9-12)10-5-2-1-3-6-10/h2-7,9H,8H2. The maximum absolute atomic E-state index is 11.1. The number of carbonyl (C=O) groups is 1. The lowest BCUT2D eigenvalue weighted by Crippen LogP contribution is -1.96. The Morgan fingerprint density at radius 3 is 2.69 bits per heavy atom. The Hall–Kier alpha value is -1.63. The first-order valence-electron chi connectivity index (χ1n) is 4.24. The molecule has 0 saturated carbocycles. The first-order valence-corrected chi connectivity index (χ1v) is 4.24. The maximum atomic E-state index is 11.1. The number of rotatable bonds is 1. The van der Waals surface area contributed by atoms with Crippen molar-refractivity contribution in [2.24, 2.45) is 0 Å². The van der Waals surface area contributed by atoms with Crippen molar-refractivity contribution in [1.82, 2.24) is 0 Å². The molecule has 0 heterocycles. The summed E-state index contributed by atoms with van der Waals surface area (Å²) in [5.74, 6) is 0.172. The molecule has 13 heavy (non-hydrogen) atoms. The second-order valence-electron chi connectivity index (χ2n) is 2.96. The minimum absolute atomic E-state index is 0.172. The van der Waals surface area contributed by atoms with Gasteiger partial charge >= 0.3 is 0 Å². The summed E-state index contributed by atoms with van der Waals surface area (Å²) in [6.45, 7) is 0. The van der Waals surface area contributed by atoms with Crippen molar-refractivity contribution >= 4 is 11.4 Å². The van der Waals surface area contributed by atoms with Crippen LogP contribution in [0.15, 0.2) is 42.5 Å². The summed E-state index contributed by atoms with van der Waals surface area (Å²) in [5, 5.41) is 0. The molecule has 0 aromatic heterocycles. The summed E-state index contributed by atoms with van der Waals surface area (Å²) in [4.78, 5) is 11.1. The van der Waals surface area contributed by atoms with E-state index >= 15 is 0 Å². The maximum Gasteiger partial charge on any atom is 0.160 e. The van der Waals surface area contributed by atoms with E-state index in [4.69, 9.17) is 0 Å². The molecule has 1 aromatic rings. The van der Waals surface area contributed by atoms with Crippen molar-refractivity contribution in [3.8, 4) is 0 Å². The van der Waals surface area contributed by atoms with Gasteiger partial charge in [-0.25, -0.2) is 0 Å². The van der Waals surface area contributed by atoms with E-state index in [-0.39, 0.29) is 5.78 Å². The Bertz CT molecular complexity index is 371. The molecule has 0 atom stereocenters. The summed E-state index contributed by atoms with van der Waals surface area (Å²) in [5.41, 5.74) is 2.06. The lowest BCUT2D eigenvalue weighted by molar-refractivity contribution is -0.113. The molecule has 1 nitrogen and oxygen atoms in total. The van der Waals surface area contributed by atoms with E-state index in [2.05, 4.69) is 6.07 Å². The zero-order valence-electron chi connectivity index (χ0n) is 7.16. The molecule has 2 rings (SSSR count). The van der Waals surface area contributed by atoms with Crippen LogP contribution < -0.4 is 0 Å². The molecule has 0 N–H and O–H groups in total. The van der Waals surface area contributed by atoms with E-state index in [1.807, 2.05) is 36.4 Å². The van der Waals surface area contributed by atoms with Crippen molar-refractivity contribution in [3.63, 3.8) is 0 Å². The molecule has 0 amide bonds. The van der Waals surface area contributed by atoms with Crippen molar-refractivity contribution in [2.75, 3.05) is 0 Å². The summed E-state index contributed by atoms with van der Waals surface area (Å²) in [7, 11) is 0. The van der Waals surface area contributed by atoms with Crippen LogP contribution >= 0.6 is 0 Å². The van der Waals surface area contributed by atoms with Crippen LogP contribution in [0.3, 0.4) is 0 Å². The summed E-state index contributed by atoms with van der Waals surface area (Å²) >= 11 is 0. The lowest BCUT2D eigenvalue weighted by Gasteiger charge is -2.05. The third-order valence-electron chi connectivity index (χ3n) is 1.98. The van der Waals surface area contributed by atoms with E-state index in [9.17, 15) is 4.79 Å². The monoisotopic (exact) mass is 169 g/mol. The molecule has 0 unspecified atom stereocenters. The number of hydrogen-bond acceptors (Lipinski definition) is 1. The van der Waals surface area contributed by atoms with Gasteiger partial charge in [0.2, 0.25) is 0 Å². The largest absolute Gasteiger partial charge is 0.294 e. The van der Waals surface area contributed by atoms with E-state index in [0.29, 0.717) is 6.42 Å². The highest BCUT2D eigenvalue weighted by atomic mass is 16.1. The number of allylic oxidation sites excluding steroid dienone is 4. The Morgan fingerprint density at radius 1 is 1.23 bits per heavy atom. The van der Waals surface area contributed by atoms with E-state index in [1.54, 1.807) is 6.08 Å². The topological polar surface area (TPSA) is 17.1 Å². The molecule has 1 heteroatoms. The molecule has 0 saturated heterocycles. The van der Waals surface area contributed by atoms with E-state index in [0.717, 1.165) is 11.1 Å². The van der Waals surface area contributed by atoms with Crippen LogP contribution in [0.25, 0.3) is 5.57 Å². The molecule has 1 aromatic carbocycles. The molecule has 0 bridgehead atoms. The van der Waals surface area contributed by atoms with Crippen molar-refractivity contribution in [2.45, 2.75) is 6.42 Å². The second kappa shape index (κ2) is 3.40. The number of carbonyl (C=O) groups excluding carboxylic acids is 1. The number of ketones is 1. The third kappa shape index (κ3) is 1.75. The minimum Gasteiger partial charge on any atom is -0.294 e. The fourth-order valence-electron chi connectivity index (χ4n) is 1.34. The second-order valence-corrected chi connectivity index (χ2v) is 2.96. The van der Waals surface area contributed by atoms with Gasteiger partial charge in [0.05, 0.1) is 0 Å². The van der Waals surface area contributed by atoms with Gasteiger partial charge in [0.25, 0.3) is 0 Å². The van der Waals surface area contributed by atoms with Gasteiger partial charge in [-0.1, -0.05) is 36.4 Å². The summed E-state index contributed by atoms with van der Waals surface area (Å²) < 4.78 is 0. The van der Waals surface area contributed by atoms with Gasteiger partial charge in [-0.15, -0.1) is 0 Å². The van der Waals surface area contributed by atoms with Crippen LogP contribution in [0.1, 0.15) is 12.0 Å². The van der Waals surface area contributed by atoms with Crippen LogP contribution in [0.4, 0.5) is 0 Å². The Morgan fingerprint density at radius 2 is 2.00 bits per heavy atom. The highest BCUT2D eigenvalue weighted by Crippen LogP contribution is 2.18. The first-order chi connectivity index (χ1) is 6.36. The van der Waals surface area contributed by atoms with Crippen LogP contribution in [0, 0.1) is 6.07 Å². The summed E-state index contributed by atoms with van der Waals surface area (Å²) in [6.07, 6.45) is 6.10. The predicted molar refractivity (Wildman–Crippen MR) is 52.0 cm³/mol. The first kappa shape index (κ1) is 7.99. The molecule has 1 aliphatic rings. The lowest BCUT2D eigenvalue weighted by atomic mass is 9.99. The van der Waals surface area contributed by atoms with Gasteiger partial charge in [-0.05, 0) is 23.3 Å². The molecular formula is C12H9O. The van der Waals surface area contributed by atoms with Gasteiger partial charge in [-0.2, -0.15) is 0 Å². The van der Waals surface area contributed by atoms with Crippen LogP contribution in [0.2, 0.25) is 0 Å². The van der Waals surface area contributed by atoms with E-state index in [1.165, 1.54) is 0 Å². The molecule has 1 radical (unpaired) electrons. The number of benzene rings is 1. The predicted octanol–water partition coefficient (Wildman–Crippen LogP) is 2.40. The molecule has 0 fully saturated rings. The van der Waals surface area contributed by atoms with Gasteiger partial charge in [-0.3, -0.25) is 4.79 Å². The Labute approximate surface area is 77.4 Å². The highest BCUT2D eigenvalue weighted by molar-refractivity contribution is 6.01. The van der Waals surface area contributed by atoms with Crippen molar-refractivity contribution < 1.29 is 4.79 Å². The normalized spacial score (nSPS) is 15.7. The fourth-order valence-corrected chi connectivity index (χ4v) is 1.34. The quantitative estimate of drug-likeness (QED) is 0.631. The molecule has 0 spiro atoms. The van der Waals surface area contributed by atoms with Gasteiger partial charge in [0.1, 0.15) is 0 Å². The molecule has 0 aliphatic heterocycles. The van der Waals surface area contributed by atoms with Crippen LogP contribution in [-0.4, -0.2) is 5.78 Å². The Kier molecular flexibility index (Phi) is 2.09. The van der Waals surface area contributed by atoms with Crippen LogP contribution in [-0.2, 0) is 4.79 Å². The zero-order chi connectivity index (χ0) is 9.10. The number of hydrogen-bond donors (Lipinski definition) is 0. The van der Waals surface area contributed by atoms with Gasteiger partial charge < -0.3 is 0 Å².